The van der Waals surface area contributed by atoms with Gasteiger partial charge in [-0.2, -0.15) is 0 Å². The van der Waals surface area contributed by atoms with Gasteiger partial charge in [0.1, 0.15) is 11.9 Å². The number of hydrogen-bond acceptors (Lipinski definition) is 4. The largest absolute Gasteiger partial charge is 0.462 e. The molecule has 1 heterocycles. The van der Waals surface area contributed by atoms with Gasteiger partial charge in [-0.25, -0.2) is 0 Å². The summed E-state index contributed by atoms with van der Waals surface area (Å²) in [6.07, 6.45) is 3.64. The van der Waals surface area contributed by atoms with Crippen molar-refractivity contribution in [1.82, 2.24) is 5.32 Å². The van der Waals surface area contributed by atoms with E-state index < -0.39 is 0 Å². The number of ether oxygens (including phenoxy) is 1. The van der Waals surface area contributed by atoms with E-state index in [0.29, 0.717) is 12.9 Å². The first-order valence-electron chi connectivity index (χ1n) is 7.85. The number of aldehydes is 1. The molecule has 2 rings (SSSR count). The van der Waals surface area contributed by atoms with E-state index in [0.717, 1.165) is 37.2 Å². The highest BCUT2D eigenvalue weighted by atomic mass is 35.5. The summed E-state index contributed by atoms with van der Waals surface area (Å²) in [6, 6.07) is 7.92. The van der Waals surface area contributed by atoms with Gasteiger partial charge in [0, 0.05) is 16.9 Å². The molecule has 0 aliphatic carbocycles. The number of piperidine rings is 1. The van der Waals surface area contributed by atoms with Gasteiger partial charge in [0.15, 0.2) is 0 Å². The normalized spacial score (nSPS) is 16.7. The molecule has 1 saturated heterocycles. The number of carbonyl (C=O) groups excluding carboxylic acids is 2. The standard InChI is InChI=1S/C13H16ClNO.C5H10O2/c14-12-3-1-2-11(10-12)13(6-9-16)4-7-15-8-5-13;1-5(2,3)7-4-6/h1-3,9-10,15H,4-8H2;4H,1-3H3. The molecule has 5 heteroatoms. The van der Waals surface area contributed by atoms with Crippen LogP contribution in [0, 0.1) is 0 Å². The predicted octanol–water partition coefficient (Wildman–Crippen LogP) is 3.51. The van der Waals surface area contributed by atoms with Gasteiger partial charge in [-0.3, -0.25) is 4.79 Å². The number of hydrogen-bond donors (Lipinski definition) is 1. The summed E-state index contributed by atoms with van der Waals surface area (Å²) in [4.78, 5) is 20.5. The molecule has 0 amide bonds. The van der Waals surface area contributed by atoms with E-state index in [4.69, 9.17) is 11.6 Å². The predicted molar refractivity (Wildman–Crippen MR) is 92.8 cm³/mol. The molecular formula is C18H26ClNO3. The molecule has 0 spiro atoms. The minimum Gasteiger partial charge on any atom is -0.462 e. The number of carbonyl (C=O) groups is 2. The minimum absolute atomic E-state index is 0.00208. The van der Waals surface area contributed by atoms with Crippen LogP contribution in [0.15, 0.2) is 24.3 Å². The highest BCUT2D eigenvalue weighted by Crippen LogP contribution is 2.36. The Kier molecular flexibility index (Phi) is 7.73. The van der Waals surface area contributed by atoms with Crippen LogP contribution in [-0.2, 0) is 19.7 Å². The van der Waals surface area contributed by atoms with Crippen LogP contribution in [0.4, 0.5) is 0 Å². The third-order valence-corrected chi connectivity index (χ3v) is 4.11. The van der Waals surface area contributed by atoms with Crippen molar-refractivity contribution in [3.8, 4) is 0 Å². The number of halogens is 1. The molecular weight excluding hydrogens is 314 g/mol. The topological polar surface area (TPSA) is 55.4 Å². The Bertz CT molecular complexity index is 505. The van der Waals surface area contributed by atoms with Gasteiger partial charge in [-0.1, -0.05) is 23.7 Å². The van der Waals surface area contributed by atoms with Crippen molar-refractivity contribution in [3.05, 3.63) is 34.9 Å². The maximum atomic E-state index is 10.9. The molecule has 1 aromatic rings. The molecule has 1 fully saturated rings. The molecule has 0 bridgehead atoms. The maximum Gasteiger partial charge on any atom is 0.293 e. The average molecular weight is 340 g/mol. The fraction of sp³-hybridized carbons (Fsp3) is 0.556. The number of benzene rings is 1. The van der Waals surface area contributed by atoms with E-state index >= 15 is 0 Å². The summed E-state index contributed by atoms with van der Waals surface area (Å²) in [5.74, 6) is 0. The fourth-order valence-corrected chi connectivity index (χ4v) is 2.83. The van der Waals surface area contributed by atoms with Gasteiger partial charge < -0.3 is 14.8 Å². The lowest BCUT2D eigenvalue weighted by molar-refractivity contribution is -0.138. The van der Waals surface area contributed by atoms with Crippen molar-refractivity contribution in [2.75, 3.05) is 13.1 Å². The Labute approximate surface area is 143 Å². The number of rotatable bonds is 4. The third-order valence-electron chi connectivity index (χ3n) is 3.87. The summed E-state index contributed by atoms with van der Waals surface area (Å²) in [5.41, 5.74) is 0.883. The zero-order valence-corrected chi connectivity index (χ0v) is 14.9. The summed E-state index contributed by atoms with van der Waals surface area (Å²) >= 11 is 6.02. The van der Waals surface area contributed by atoms with Gasteiger partial charge in [-0.15, -0.1) is 0 Å². The molecule has 0 unspecified atom stereocenters. The number of nitrogens with one attached hydrogen (secondary N) is 1. The second kappa shape index (κ2) is 9.04. The lowest BCUT2D eigenvalue weighted by Gasteiger charge is -2.37. The Morgan fingerprint density at radius 2 is 1.91 bits per heavy atom. The third kappa shape index (κ3) is 6.71. The molecule has 1 aliphatic rings. The van der Waals surface area contributed by atoms with Crippen molar-refractivity contribution in [3.63, 3.8) is 0 Å². The quantitative estimate of drug-likeness (QED) is 0.853. The van der Waals surface area contributed by atoms with Crippen molar-refractivity contribution in [1.29, 1.82) is 0 Å². The van der Waals surface area contributed by atoms with Gasteiger partial charge >= 0.3 is 0 Å². The smallest absolute Gasteiger partial charge is 0.293 e. The Morgan fingerprint density at radius 1 is 1.26 bits per heavy atom. The zero-order valence-electron chi connectivity index (χ0n) is 14.1. The summed E-state index contributed by atoms with van der Waals surface area (Å²) < 4.78 is 4.55. The lowest BCUT2D eigenvalue weighted by Crippen LogP contribution is -2.40. The molecule has 0 atom stereocenters. The summed E-state index contributed by atoms with van der Waals surface area (Å²) in [7, 11) is 0. The Morgan fingerprint density at radius 3 is 2.35 bits per heavy atom. The van der Waals surface area contributed by atoms with Crippen LogP contribution in [0.2, 0.25) is 5.02 Å². The van der Waals surface area contributed by atoms with Gasteiger partial charge in [0.2, 0.25) is 0 Å². The molecule has 4 nitrogen and oxygen atoms in total. The van der Waals surface area contributed by atoms with Crippen LogP contribution >= 0.6 is 11.6 Å². The Balaban J connectivity index is 0.000000322. The molecule has 0 aromatic heterocycles. The first-order valence-corrected chi connectivity index (χ1v) is 8.23. The van der Waals surface area contributed by atoms with E-state index in [-0.39, 0.29) is 11.0 Å². The van der Waals surface area contributed by atoms with Crippen molar-refractivity contribution >= 4 is 24.4 Å². The van der Waals surface area contributed by atoms with Crippen LogP contribution in [0.5, 0.6) is 0 Å². The molecule has 23 heavy (non-hydrogen) atoms. The summed E-state index contributed by atoms with van der Waals surface area (Å²) in [6.45, 7) is 7.87. The van der Waals surface area contributed by atoms with E-state index in [1.807, 2.05) is 39.0 Å². The zero-order chi connectivity index (χ0) is 17.3. The van der Waals surface area contributed by atoms with Crippen LogP contribution in [0.3, 0.4) is 0 Å². The van der Waals surface area contributed by atoms with Gasteiger partial charge in [-0.05, 0) is 64.4 Å². The second-order valence-corrected chi connectivity index (χ2v) is 7.17. The Hall–Kier alpha value is -1.39. The second-order valence-electron chi connectivity index (χ2n) is 6.74. The maximum absolute atomic E-state index is 10.9. The van der Waals surface area contributed by atoms with Crippen molar-refractivity contribution in [2.24, 2.45) is 0 Å². The minimum atomic E-state index is -0.318. The first kappa shape index (κ1) is 19.7. The monoisotopic (exact) mass is 339 g/mol. The van der Waals surface area contributed by atoms with Crippen LogP contribution < -0.4 is 5.32 Å². The first-order chi connectivity index (χ1) is 10.8. The van der Waals surface area contributed by atoms with Crippen LogP contribution in [0.1, 0.15) is 45.6 Å². The van der Waals surface area contributed by atoms with Crippen LogP contribution in [0.25, 0.3) is 0 Å². The van der Waals surface area contributed by atoms with E-state index in [2.05, 4.69) is 16.1 Å². The van der Waals surface area contributed by atoms with Gasteiger partial charge in [0.05, 0.1) is 0 Å². The van der Waals surface area contributed by atoms with Crippen LogP contribution in [-0.4, -0.2) is 31.4 Å². The molecule has 1 aliphatic heterocycles. The van der Waals surface area contributed by atoms with E-state index in [9.17, 15) is 9.59 Å². The van der Waals surface area contributed by atoms with Crippen molar-refractivity contribution < 1.29 is 14.3 Å². The molecule has 1 N–H and O–H groups in total. The highest BCUT2D eigenvalue weighted by molar-refractivity contribution is 6.30. The van der Waals surface area contributed by atoms with Gasteiger partial charge in [0.25, 0.3) is 6.47 Å². The highest BCUT2D eigenvalue weighted by Gasteiger charge is 2.33. The van der Waals surface area contributed by atoms with Crippen molar-refractivity contribution in [2.45, 2.75) is 51.0 Å². The SMILES string of the molecule is CC(C)(C)OC=O.O=CCC1(c2cccc(Cl)c2)CCNCC1. The fourth-order valence-electron chi connectivity index (χ4n) is 2.64. The molecule has 0 radical (unpaired) electrons. The lowest BCUT2D eigenvalue weighted by atomic mass is 9.71. The molecule has 128 valence electrons. The van der Waals surface area contributed by atoms with E-state index in [1.165, 1.54) is 5.56 Å². The summed E-state index contributed by atoms with van der Waals surface area (Å²) in [5, 5.41) is 4.08. The molecule has 1 aromatic carbocycles. The molecule has 0 saturated carbocycles. The average Bonchev–Trinajstić information content (AvgIpc) is 2.48. The van der Waals surface area contributed by atoms with E-state index in [1.54, 1.807) is 0 Å².